The smallest absolute Gasteiger partial charge is 0.219 e. The van der Waals surface area contributed by atoms with Crippen LogP contribution in [0.2, 0.25) is 0 Å². The third kappa shape index (κ3) is 4.07. The van der Waals surface area contributed by atoms with Crippen LogP contribution >= 0.6 is 0 Å². The minimum atomic E-state index is 0.191. The van der Waals surface area contributed by atoms with Gasteiger partial charge in [-0.3, -0.25) is 4.79 Å². The zero-order valence-corrected chi connectivity index (χ0v) is 11.3. The molecule has 0 atom stereocenters. The molecule has 0 aliphatic carbocycles. The lowest BCUT2D eigenvalue weighted by Crippen LogP contribution is -2.45. The lowest BCUT2D eigenvalue weighted by atomic mass is 10.1. The summed E-state index contributed by atoms with van der Waals surface area (Å²) in [5.41, 5.74) is 0. The Hall–Kier alpha value is -1.87. The Morgan fingerprint density at radius 1 is 0.947 bits per heavy atom. The van der Waals surface area contributed by atoms with Gasteiger partial charge in [-0.25, -0.2) is 0 Å². The second kappa shape index (κ2) is 6.90. The van der Waals surface area contributed by atoms with Crippen molar-refractivity contribution in [2.45, 2.75) is 6.92 Å². The minimum absolute atomic E-state index is 0.191. The van der Waals surface area contributed by atoms with Crippen LogP contribution in [0.5, 0.6) is 0 Å². The van der Waals surface area contributed by atoms with Gasteiger partial charge in [0.1, 0.15) is 0 Å². The molecule has 3 rings (SSSR count). The molecule has 0 aromatic heterocycles. The molecule has 3 heteroatoms. The second-order valence-electron chi connectivity index (χ2n) is 4.60. The summed E-state index contributed by atoms with van der Waals surface area (Å²) in [5.74, 6) is 0.191. The molecule has 3 nitrogen and oxygen atoms in total. The van der Waals surface area contributed by atoms with Crippen LogP contribution in [0.25, 0.3) is 10.8 Å². The molecule has 1 heterocycles. The molecule has 1 amide bonds. The van der Waals surface area contributed by atoms with Gasteiger partial charge in [-0.2, -0.15) is 0 Å². The number of hydrogen-bond acceptors (Lipinski definition) is 2. The molecule has 1 fully saturated rings. The highest BCUT2D eigenvalue weighted by atomic mass is 16.2. The van der Waals surface area contributed by atoms with E-state index in [2.05, 4.69) is 53.8 Å². The predicted molar refractivity (Wildman–Crippen MR) is 79.1 cm³/mol. The van der Waals surface area contributed by atoms with E-state index < -0.39 is 0 Å². The van der Waals surface area contributed by atoms with Gasteiger partial charge in [0.25, 0.3) is 0 Å². The monoisotopic (exact) mass is 256 g/mol. The number of hydrogen-bond donors (Lipinski definition) is 1. The highest BCUT2D eigenvalue weighted by molar-refractivity contribution is 5.82. The lowest BCUT2D eigenvalue weighted by Gasteiger charge is -2.25. The summed E-state index contributed by atoms with van der Waals surface area (Å²) in [6, 6.07) is 16.7. The van der Waals surface area contributed by atoms with E-state index in [4.69, 9.17) is 0 Å². The largest absolute Gasteiger partial charge is 0.340 e. The summed E-state index contributed by atoms with van der Waals surface area (Å²) in [7, 11) is 0. The summed E-state index contributed by atoms with van der Waals surface area (Å²) >= 11 is 0. The fourth-order valence-electron chi connectivity index (χ4n) is 2.11. The molecule has 0 saturated carbocycles. The van der Waals surface area contributed by atoms with Gasteiger partial charge in [-0.05, 0) is 10.8 Å². The van der Waals surface area contributed by atoms with E-state index >= 15 is 0 Å². The van der Waals surface area contributed by atoms with Crippen molar-refractivity contribution in [3.8, 4) is 0 Å². The van der Waals surface area contributed by atoms with Gasteiger partial charge in [0.05, 0.1) is 0 Å². The summed E-state index contributed by atoms with van der Waals surface area (Å²) in [5, 5.41) is 5.80. The minimum Gasteiger partial charge on any atom is -0.340 e. The Bertz CT molecular complexity index is 468. The van der Waals surface area contributed by atoms with E-state index in [1.54, 1.807) is 6.92 Å². The van der Waals surface area contributed by atoms with Crippen molar-refractivity contribution in [2.75, 3.05) is 26.2 Å². The summed E-state index contributed by atoms with van der Waals surface area (Å²) < 4.78 is 0. The molecule has 19 heavy (non-hydrogen) atoms. The van der Waals surface area contributed by atoms with Crippen molar-refractivity contribution < 1.29 is 4.79 Å². The third-order valence-corrected chi connectivity index (χ3v) is 3.22. The first kappa shape index (κ1) is 13.6. The zero-order valence-electron chi connectivity index (χ0n) is 11.3. The normalized spacial score (nSPS) is 14.7. The van der Waals surface area contributed by atoms with Gasteiger partial charge < -0.3 is 10.2 Å². The van der Waals surface area contributed by atoms with Crippen molar-refractivity contribution >= 4 is 16.7 Å². The molecule has 100 valence electrons. The molecule has 1 saturated heterocycles. The Labute approximate surface area is 114 Å². The van der Waals surface area contributed by atoms with Gasteiger partial charge in [-0.1, -0.05) is 48.5 Å². The fourth-order valence-corrected chi connectivity index (χ4v) is 2.11. The predicted octanol–water partition coefficient (Wildman–Crippen LogP) is 2.28. The highest BCUT2D eigenvalue weighted by Gasteiger charge is 2.10. The molecule has 1 aliphatic heterocycles. The number of piperazine rings is 1. The highest BCUT2D eigenvalue weighted by Crippen LogP contribution is 2.11. The number of fused-ring (bicyclic) bond motifs is 1. The zero-order chi connectivity index (χ0) is 13.5. The standard InChI is InChI=1S/C10H8.C6H12N2O/c1-2-6-10-8-4-3-7-9(10)5-1;1-6(9)8-4-2-7-3-5-8/h1-8H;7H,2-5H2,1H3. The van der Waals surface area contributed by atoms with E-state index in [-0.39, 0.29) is 5.91 Å². The molecular weight excluding hydrogens is 236 g/mol. The Kier molecular flexibility index (Phi) is 4.93. The summed E-state index contributed by atoms with van der Waals surface area (Å²) in [6.45, 7) is 5.25. The van der Waals surface area contributed by atoms with E-state index in [0.29, 0.717) is 0 Å². The number of benzene rings is 2. The molecule has 0 unspecified atom stereocenters. The first-order valence-corrected chi connectivity index (χ1v) is 6.67. The number of amides is 1. The SMILES string of the molecule is CC(=O)N1CCNCC1.c1ccc2ccccc2c1. The summed E-state index contributed by atoms with van der Waals surface area (Å²) in [4.78, 5) is 12.6. The Morgan fingerprint density at radius 2 is 1.37 bits per heavy atom. The fraction of sp³-hybridized carbons (Fsp3) is 0.312. The van der Waals surface area contributed by atoms with Gasteiger partial charge >= 0.3 is 0 Å². The average Bonchev–Trinajstić information content (AvgIpc) is 2.49. The van der Waals surface area contributed by atoms with Gasteiger partial charge in [-0.15, -0.1) is 0 Å². The Morgan fingerprint density at radius 3 is 1.68 bits per heavy atom. The molecule has 1 N–H and O–H groups in total. The first-order valence-electron chi connectivity index (χ1n) is 6.67. The molecule has 0 bridgehead atoms. The van der Waals surface area contributed by atoms with Crippen LogP contribution in [0.4, 0.5) is 0 Å². The maximum Gasteiger partial charge on any atom is 0.219 e. The van der Waals surface area contributed by atoms with Crippen molar-refractivity contribution in [1.29, 1.82) is 0 Å². The van der Waals surface area contributed by atoms with Gasteiger partial charge in [0.2, 0.25) is 5.91 Å². The number of carbonyl (C=O) groups excluding carboxylic acids is 1. The van der Waals surface area contributed by atoms with Crippen LogP contribution in [-0.4, -0.2) is 37.0 Å². The van der Waals surface area contributed by atoms with Crippen LogP contribution in [-0.2, 0) is 4.79 Å². The van der Waals surface area contributed by atoms with Crippen molar-refractivity contribution in [3.05, 3.63) is 48.5 Å². The number of rotatable bonds is 0. The van der Waals surface area contributed by atoms with Crippen molar-refractivity contribution in [2.24, 2.45) is 0 Å². The van der Waals surface area contributed by atoms with Crippen LogP contribution < -0.4 is 5.32 Å². The molecule has 1 aliphatic rings. The molecule has 2 aromatic rings. The third-order valence-electron chi connectivity index (χ3n) is 3.22. The molecular formula is C16H20N2O. The molecule has 0 spiro atoms. The molecule has 0 radical (unpaired) electrons. The average molecular weight is 256 g/mol. The van der Waals surface area contributed by atoms with E-state index in [1.165, 1.54) is 10.8 Å². The number of nitrogens with zero attached hydrogens (tertiary/aromatic N) is 1. The van der Waals surface area contributed by atoms with Gasteiger partial charge in [0, 0.05) is 33.1 Å². The second-order valence-corrected chi connectivity index (χ2v) is 4.60. The van der Waals surface area contributed by atoms with Crippen LogP contribution in [0.15, 0.2) is 48.5 Å². The maximum atomic E-state index is 10.7. The van der Waals surface area contributed by atoms with Crippen molar-refractivity contribution in [3.63, 3.8) is 0 Å². The quantitative estimate of drug-likeness (QED) is 0.784. The van der Waals surface area contributed by atoms with Crippen molar-refractivity contribution in [1.82, 2.24) is 10.2 Å². The summed E-state index contributed by atoms with van der Waals surface area (Å²) in [6.07, 6.45) is 0. The Balaban J connectivity index is 0.000000141. The first-order chi connectivity index (χ1) is 9.27. The van der Waals surface area contributed by atoms with E-state index in [1.807, 2.05) is 4.90 Å². The van der Waals surface area contributed by atoms with E-state index in [0.717, 1.165) is 26.2 Å². The maximum absolute atomic E-state index is 10.7. The number of carbonyl (C=O) groups is 1. The van der Waals surface area contributed by atoms with Crippen LogP contribution in [0.1, 0.15) is 6.92 Å². The lowest BCUT2D eigenvalue weighted by molar-refractivity contribution is -0.129. The van der Waals surface area contributed by atoms with Gasteiger partial charge in [0.15, 0.2) is 0 Å². The number of nitrogens with one attached hydrogen (secondary N) is 1. The van der Waals surface area contributed by atoms with Crippen LogP contribution in [0.3, 0.4) is 0 Å². The topological polar surface area (TPSA) is 32.3 Å². The molecule has 2 aromatic carbocycles. The van der Waals surface area contributed by atoms with Crippen LogP contribution in [0, 0.1) is 0 Å². The van der Waals surface area contributed by atoms with E-state index in [9.17, 15) is 4.79 Å².